The molecule has 0 bridgehead atoms. The molecule has 0 unspecified atom stereocenters. The number of hydrogen-bond acceptors (Lipinski definition) is 6. The first-order valence-electron chi connectivity index (χ1n) is 11.2. The minimum atomic E-state index is -0.930. The van der Waals surface area contributed by atoms with Gasteiger partial charge in [-0.3, -0.25) is 4.79 Å². The van der Waals surface area contributed by atoms with Crippen LogP contribution in [-0.4, -0.2) is 51.4 Å². The van der Waals surface area contributed by atoms with Gasteiger partial charge in [0.1, 0.15) is 5.75 Å². The summed E-state index contributed by atoms with van der Waals surface area (Å²) in [6.45, 7) is 4.67. The van der Waals surface area contributed by atoms with Gasteiger partial charge in [-0.05, 0) is 71.8 Å². The Hall–Kier alpha value is -3.84. The fourth-order valence-electron chi connectivity index (χ4n) is 3.73. The number of methoxy groups -OCH3 is 1. The minimum Gasteiger partial charge on any atom is -0.497 e. The molecule has 1 fully saturated rings. The van der Waals surface area contributed by atoms with Crippen molar-refractivity contribution in [2.24, 2.45) is 0 Å². The standard InChI is InChI=1S/C27H28N2O5/c1-19(27(31)28-23-7-9-24(10-8-23)29-13-15-33-16-14-29)34-26(30)12-4-20-3-5-22-18-25(32-2)11-6-21(22)17-20/h3-12,17-19H,13-16H2,1-2H3,(H,28,31)/b12-4+/t19-/m1/s1. The first kappa shape index (κ1) is 23.3. The first-order chi connectivity index (χ1) is 16.5. The van der Waals surface area contributed by atoms with Crippen molar-refractivity contribution >= 4 is 40.1 Å². The van der Waals surface area contributed by atoms with E-state index in [4.69, 9.17) is 14.2 Å². The molecule has 4 rings (SSSR count). The van der Waals surface area contributed by atoms with Gasteiger partial charge in [0.25, 0.3) is 5.91 Å². The maximum absolute atomic E-state index is 12.5. The predicted molar refractivity (Wildman–Crippen MR) is 133 cm³/mol. The number of morpholine rings is 1. The van der Waals surface area contributed by atoms with Gasteiger partial charge in [0.15, 0.2) is 6.10 Å². The summed E-state index contributed by atoms with van der Waals surface area (Å²) in [7, 11) is 1.63. The van der Waals surface area contributed by atoms with E-state index in [2.05, 4.69) is 10.2 Å². The molecular weight excluding hydrogens is 432 g/mol. The van der Waals surface area contributed by atoms with Gasteiger partial charge in [-0.1, -0.05) is 18.2 Å². The number of amides is 1. The Morgan fingerprint density at radius 2 is 1.71 bits per heavy atom. The maximum atomic E-state index is 12.5. The number of nitrogens with one attached hydrogen (secondary N) is 1. The average Bonchev–Trinajstić information content (AvgIpc) is 2.88. The summed E-state index contributed by atoms with van der Waals surface area (Å²) < 4.78 is 15.9. The van der Waals surface area contributed by atoms with Crippen LogP contribution in [0.25, 0.3) is 16.8 Å². The largest absolute Gasteiger partial charge is 0.497 e. The van der Waals surface area contributed by atoms with Crippen molar-refractivity contribution in [1.29, 1.82) is 0 Å². The second kappa shape index (κ2) is 10.9. The molecule has 1 amide bonds. The first-order valence-corrected chi connectivity index (χ1v) is 11.2. The van der Waals surface area contributed by atoms with Gasteiger partial charge in [0.05, 0.1) is 20.3 Å². The molecule has 1 aliphatic heterocycles. The number of carbonyl (C=O) groups is 2. The third-order valence-electron chi connectivity index (χ3n) is 5.66. The maximum Gasteiger partial charge on any atom is 0.331 e. The average molecular weight is 461 g/mol. The molecule has 3 aromatic rings. The lowest BCUT2D eigenvalue weighted by Gasteiger charge is -2.28. The number of ether oxygens (including phenoxy) is 3. The summed E-state index contributed by atoms with van der Waals surface area (Å²) in [6, 6.07) is 19.2. The highest BCUT2D eigenvalue weighted by Gasteiger charge is 2.17. The Bertz CT molecular complexity index is 1180. The summed E-state index contributed by atoms with van der Waals surface area (Å²) in [5.41, 5.74) is 2.58. The quantitative estimate of drug-likeness (QED) is 0.419. The van der Waals surface area contributed by atoms with E-state index in [9.17, 15) is 9.59 Å². The molecule has 1 aliphatic rings. The van der Waals surface area contributed by atoms with E-state index in [0.717, 1.165) is 40.9 Å². The molecule has 1 heterocycles. The number of rotatable bonds is 7. The molecule has 1 atom stereocenters. The molecule has 7 heteroatoms. The van der Waals surface area contributed by atoms with Crippen LogP contribution in [0.2, 0.25) is 0 Å². The van der Waals surface area contributed by atoms with Gasteiger partial charge in [0.2, 0.25) is 0 Å². The highest BCUT2D eigenvalue weighted by molar-refractivity contribution is 5.97. The fourth-order valence-corrected chi connectivity index (χ4v) is 3.73. The molecule has 7 nitrogen and oxygen atoms in total. The summed E-state index contributed by atoms with van der Waals surface area (Å²) in [6.07, 6.45) is 2.06. The third-order valence-corrected chi connectivity index (χ3v) is 5.66. The van der Waals surface area contributed by atoms with Gasteiger partial charge in [-0.2, -0.15) is 0 Å². The Balaban J connectivity index is 1.30. The molecule has 3 aromatic carbocycles. The van der Waals surface area contributed by atoms with Crippen LogP contribution in [0.4, 0.5) is 11.4 Å². The van der Waals surface area contributed by atoms with E-state index in [1.165, 1.54) is 6.08 Å². The number of fused-ring (bicyclic) bond motifs is 1. The summed E-state index contributed by atoms with van der Waals surface area (Å²) in [5, 5.41) is 4.86. The fraction of sp³-hybridized carbons (Fsp3) is 0.259. The second-order valence-corrected chi connectivity index (χ2v) is 8.02. The van der Waals surface area contributed by atoms with Gasteiger partial charge in [-0.15, -0.1) is 0 Å². The number of esters is 1. The Morgan fingerprint density at radius 1 is 1.00 bits per heavy atom. The normalized spacial score (nSPS) is 14.7. The van der Waals surface area contributed by atoms with Crippen LogP contribution in [0.5, 0.6) is 5.75 Å². The van der Waals surface area contributed by atoms with Crippen molar-refractivity contribution in [2.45, 2.75) is 13.0 Å². The molecule has 1 saturated heterocycles. The van der Waals surface area contributed by atoms with Crippen LogP contribution in [-0.2, 0) is 19.1 Å². The lowest BCUT2D eigenvalue weighted by atomic mass is 10.1. The van der Waals surface area contributed by atoms with Crippen molar-refractivity contribution in [1.82, 2.24) is 0 Å². The number of hydrogen-bond donors (Lipinski definition) is 1. The zero-order chi connectivity index (χ0) is 23.9. The molecule has 1 N–H and O–H groups in total. The number of nitrogens with zero attached hydrogens (tertiary/aromatic N) is 1. The summed E-state index contributed by atoms with van der Waals surface area (Å²) in [4.78, 5) is 26.9. The Kier molecular flexibility index (Phi) is 7.44. The Labute approximate surface area is 198 Å². The molecule has 0 saturated carbocycles. The summed E-state index contributed by atoms with van der Waals surface area (Å²) in [5.74, 6) is -0.180. The Morgan fingerprint density at radius 3 is 2.44 bits per heavy atom. The zero-order valence-electron chi connectivity index (χ0n) is 19.3. The molecule has 176 valence electrons. The second-order valence-electron chi connectivity index (χ2n) is 8.02. The molecule has 34 heavy (non-hydrogen) atoms. The van der Waals surface area contributed by atoms with Crippen molar-refractivity contribution in [3.8, 4) is 5.75 Å². The SMILES string of the molecule is COc1ccc2cc(/C=C/C(=O)O[C@H](C)C(=O)Nc3ccc(N4CCOCC4)cc3)ccc2c1. The van der Waals surface area contributed by atoms with Crippen molar-refractivity contribution in [2.75, 3.05) is 43.6 Å². The number of anilines is 2. The summed E-state index contributed by atoms with van der Waals surface area (Å²) >= 11 is 0. The minimum absolute atomic E-state index is 0.388. The predicted octanol–water partition coefficient (Wildman–Crippen LogP) is 4.27. The highest BCUT2D eigenvalue weighted by atomic mass is 16.5. The molecule has 0 aromatic heterocycles. The van der Waals surface area contributed by atoms with Gasteiger partial charge in [0, 0.05) is 30.5 Å². The number of benzene rings is 3. The van der Waals surface area contributed by atoms with Crippen LogP contribution in [0.3, 0.4) is 0 Å². The van der Waals surface area contributed by atoms with Crippen LogP contribution in [0, 0.1) is 0 Å². The molecule has 0 radical (unpaired) electrons. The van der Waals surface area contributed by atoms with E-state index in [1.54, 1.807) is 20.1 Å². The lowest BCUT2D eigenvalue weighted by Crippen LogP contribution is -2.36. The van der Waals surface area contributed by atoms with Crippen LogP contribution < -0.4 is 15.0 Å². The smallest absolute Gasteiger partial charge is 0.331 e. The molecule has 0 spiro atoms. The van der Waals surface area contributed by atoms with Crippen molar-refractivity contribution < 1.29 is 23.8 Å². The third kappa shape index (κ3) is 5.94. The lowest BCUT2D eigenvalue weighted by molar-refractivity contribution is -0.148. The topological polar surface area (TPSA) is 77.1 Å². The van der Waals surface area contributed by atoms with E-state index < -0.39 is 12.1 Å². The van der Waals surface area contributed by atoms with Gasteiger partial charge >= 0.3 is 5.97 Å². The van der Waals surface area contributed by atoms with Crippen LogP contribution >= 0.6 is 0 Å². The number of carbonyl (C=O) groups excluding carboxylic acids is 2. The zero-order valence-corrected chi connectivity index (χ0v) is 19.3. The van der Waals surface area contributed by atoms with Crippen molar-refractivity contribution in [3.63, 3.8) is 0 Å². The van der Waals surface area contributed by atoms with Crippen LogP contribution in [0.1, 0.15) is 12.5 Å². The molecular formula is C27H28N2O5. The van der Waals surface area contributed by atoms with E-state index in [1.807, 2.05) is 60.7 Å². The van der Waals surface area contributed by atoms with E-state index in [0.29, 0.717) is 18.9 Å². The van der Waals surface area contributed by atoms with Gasteiger partial charge in [-0.25, -0.2) is 4.79 Å². The molecule has 0 aliphatic carbocycles. The van der Waals surface area contributed by atoms with Crippen molar-refractivity contribution in [3.05, 3.63) is 72.3 Å². The van der Waals surface area contributed by atoms with Crippen LogP contribution in [0.15, 0.2) is 66.7 Å². The van der Waals surface area contributed by atoms with Gasteiger partial charge < -0.3 is 24.4 Å². The van der Waals surface area contributed by atoms with E-state index >= 15 is 0 Å². The monoisotopic (exact) mass is 460 g/mol. The highest BCUT2D eigenvalue weighted by Crippen LogP contribution is 2.22. The van der Waals surface area contributed by atoms with E-state index in [-0.39, 0.29) is 5.91 Å².